The van der Waals surface area contributed by atoms with E-state index in [0.717, 1.165) is 18.8 Å². The number of nitrogens with zero attached hydrogens (tertiary/aromatic N) is 1. The van der Waals surface area contributed by atoms with E-state index in [9.17, 15) is 4.79 Å². The zero-order chi connectivity index (χ0) is 11.4. The Kier molecular flexibility index (Phi) is 4.53. The van der Waals surface area contributed by atoms with Crippen molar-refractivity contribution in [2.45, 2.75) is 44.7 Å². The maximum atomic E-state index is 12.1. The first-order valence-electron chi connectivity index (χ1n) is 6.40. The van der Waals surface area contributed by atoms with E-state index in [-0.39, 0.29) is 6.04 Å². The fourth-order valence-electron chi connectivity index (χ4n) is 2.48. The Balaban J connectivity index is 1.78. The van der Waals surface area contributed by atoms with Gasteiger partial charge in [0.2, 0.25) is 5.91 Å². The topological polar surface area (TPSA) is 32.3 Å². The molecule has 16 heavy (non-hydrogen) atoms. The molecule has 2 saturated heterocycles. The van der Waals surface area contributed by atoms with Crippen LogP contribution in [-0.4, -0.2) is 47.5 Å². The average molecular weight is 242 g/mol. The Morgan fingerprint density at radius 3 is 2.75 bits per heavy atom. The van der Waals surface area contributed by atoms with Crippen LogP contribution in [-0.2, 0) is 4.79 Å². The summed E-state index contributed by atoms with van der Waals surface area (Å²) >= 11 is 1.98. The number of hydrogen-bond acceptors (Lipinski definition) is 3. The Morgan fingerprint density at radius 2 is 2.12 bits per heavy atom. The molecule has 92 valence electrons. The number of amides is 1. The number of carbonyl (C=O) groups excluding carboxylic acids is 1. The summed E-state index contributed by atoms with van der Waals surface area (Å²) < 4.78 is 0. The van der Waals surface area contributed by atoms with E-state index >= 15 is 0 Å². The van der Waals surface area contributed by atoms with E-state index in [0.29, 0.717) is 11.9 Å². The number of carbonyl (C=O) groups is 1. The molecule has 0 aromatic rings. The molecular weight excluding hydrogens is 220 g/mol. The second-order valence-corrected chi connectivity index (χ2v) is 5.98. The number of hydrogen-bond donors (Lipinski definition) is 1. The van der Waals surface area contributed by atoms with Gasteiger partial charge in [0.05, 0.1) is 6.04 Å². The van der Waals surface area contributed by atoms with Crippen LogP contribution in [0.4, 0.5) is 0 Å². The van der Waals surface area contributed by atoms with E-state index in [1.54, 1.807) is 0 Å². The molecule has 1 amide bonds. The third-order valence-electron chi connectivity index (χ3n) is 3.45. The number of nitrogens with one attached hydrogen (secondary N) is 1. The van der Waals surface area contributed by atoms with Crippen molar-refractivity contribution >= 4 is 17.7 Å². The van der Waals surface area contributed by atoms with Gasteiger partial charge in [0, 0.05) is 24.9 Å². The van der Waals surface area contributed by atoms with Crippen molar-refractivity contribution in [1.29, 1.82) is 0 Å². The third kappa shape index (κ3) is 3.14. The maximum absolute atomic E-state index is 12.1. The summed E-state index contributed by atoms with van der Waals surface area (Å²) in [7, 11) is 0. The molecule has 0 aromatic heterocycles. The highest BCUT2D eigenvalue weighted by Gasteiger charge is 2.25. The minimum atomic E-state index is 0.00167. The van der Waals surface area contributed by atoms with E-state index in [2.05, 4.69) is 5.32 Å². The summed E-state index contributed by atoms with van der Waals surface area (Å²) in [5, 5.41) is 3.46. The van der Waals surface area contributed by atoms with Crippen molar-refractivity contribution < 1.29 is 4.79 Å². The number of rotatable bonds is 3. The fourth-order valence-corrected chi connectivity index (χ4v) is 3.64. The smallest absolute Gasteiger partial charge is 0.239 e. The van der Waals surface area contributed by atoms with E-state index < -0.39 is 0 Å². The van der Waals surface area contributed by atoms with Gasteiger partial charge in [-0.1, -0.05) is 0 Å². The van der Waals surface area contributed by atoms with Crippen LogP contribution in [0.3, 0.4) is 0 Å². The van der Waals surface area contributed by atoms with Gasteiger partial charge in [0.1, 0.15) is 0 Å². The van der Waals surface area contributed by atoms with E-state index in [1.165, 1.54) is 31.4 Å². The first kappa shape index (κ1) is 12.2. The van der Waals surface area contributed by atoms with Crippen LogP contribution in [0.15, 0.2) is 0 Å². The van der Waals surface area contributed by atoms with Crippen molar-refractivity contribution in [3.63, 3.8) is 0 Å². The van der Waals surface area contributed by atoms with Gasteiger partial charge in [-0.2, -0.15) is 11.8 Å². The van der Waals surface area contributed by atoms with Gasteiger partial charge in [-0.15, -0.1) is 0 Å². The average Bonchev–Trinajstić information content (AvgIpc) is 2.82. The quantitative estimate of drug-likeness (QED) is 0.813. The molecule has 2 aliphatic rings. The second-order valence-electron chi connectivity index (χ2n) is 4.83. The molecule has 0 bridgehead atoms. The SMILES string of the molecule is CC(NC1CCSC1)C(=O)N1CCCCC1. The molecule has 2 heterocycles. The van der Waals surface area contributed by atoms with Gasteiger partial charge >= 0.3 is 0 Å². The zero-order valence-electron chi connectivity index (χ0n) is 10.1. The Labute approximate surface area is 102 Å². The van der Waals surface area contributed by atoms with Crippen LogP contribution >= 0.6 is 11.8 Å². The minimum Gasteiger partial charge on any atom is -0.341 e. The Hall–Kier alpha value is -0.220. The predicted molar refractivity (Wildman–Crippen MR) is 68.8 cm³/mol. The summed E-state index contributed by atoms with van der Waals surface area (Å²) in [5.41, 5.74) is 0. The van der Waals surface area contributed by atoms with Gasteiger partial charge in [0.15, 0.2) is 0 Å². The van der Waals surface area contributed by atoms with Crippen molar-refractivity contribution in [2.75, 3.05) is 24.6 Å². The lowest BCUT2D eigenvalue weighted by molar-refractivity contribution is -0.134. The molecule has 0 aliphatic carbocycles. The predicted octanol–water partition coefficient (Wildman–Crippen LogP) is 1.48. The minimum absolute atomic E-state index is 0.00167. The molecule has 2 unspecified atom stereocenters. The molecule has 2 fully saturated rings. The lowest BCUT2D eigenvalue weighted by Gasteiger charge is -2.30. The largest absolute Gasteiger partial charge is 0.341 e. The highest BCUT2D eigenvalue weighted by atomic mass is 32.2. The summed E-state index contributed by atoms with van der Waals surface area (Å²) in [6, 6.07) is 0.551. The Morgan fingerprint density at radius 1 is 1.38 bits per heavy atom. The summed E-state index contributed by atoms with van der Waals surface area (Å²) in [6.07, 6.45) is 4.85. The standard InChI is InChI=1S/C12H22N2OS/c1-10(13-11-5-8-16-9-11)12(15)14-6-3-2-4-7-14/h10-11,13H,2-9H2,1H3. The van der Waals surface area contributed by atoms with Crippen molar-refractivity contribution in [1.82, 2.24) is 10.2 Å². The number of piperidine rings is 1. The van der Waals surface area contributed by atoms with Crippen molar-refractivity contribution in [2.24, 2.45) is 0 Å². The van der Waals surface area contributed by atoms with Gasteiger partial charge in [0.25, 0.3) is 0 Å². The lowest BCUT2D eigenvalue weighted by atomic mass is 10.1. The van der Waals surface area contributed by atoms with Gasteiger partial charge in [-0.3, -0.25) is 4.79 Å². The monoisotopic (exact) mass is 242 g/mol. The molecular formula is C12H22N2OS. The molecule has 0 radical (unpaired) electrons. The molecule has 0 aromatic carbocycles. The normalized spacial score (nSPS) is 28.1. The van der Waals surface area contributed by atoms with Gasteiger partial charge in [-0.05, 0) is 38.4 Å². The van der Waals surface area contributed by atoms with Crippen LogP contribution in [0.5, 0.6) is 0 Å². The van der Waals surface area contributed by atoms with Gasteiger partial charge in [-0.25, -0.2) is 0 Å². The molecule has 0 saturated carbocycles. The number of thioether (sulfide) groups is 1. The molecule has 2 aliphatic heterocycles. The fraction of sp³-hybridized carbons (Fsp3) is 0.917. The summed E-state index contributed by atoms with van der Waals surface area (Å²) in [6.45, 7) is 3.94. The third-order valence-corrected chi connectivity index (χ3v) is 4.62. The zero-order valence-corrected chi connectivity index (χ0v) is 10.9. The van der Waals surface area contributed by atoms with Crippen LogP contribution in [0.1, 0.15) is 32.6 Å². The first-order valence-corrected chi connectivity index (χ1v) is 7.55. The molecule has 2 atom stereocenters. The van der Waals surface area contributed by atoms with E-state index in [4.69, 9.17) is 0 Å². The molecule has 3 nitrogen and oxygen atoms in total. The molecule has 0 spiro atoms. The van der Waals surface area contributed by atoms with Crippen molar-refractivity contribution in [3.8, 4) is 0 Å². The first-order chi connectivity index (χ1) is 7.77. The maximum Gasteiger partial charge on any atom is 0.239 e. The number of likely N-dealkylation sites (tertiary alicyclic amines) is 1. The van der Waals surface area contributed by atoms with Gasteiger partial charge < -0.3 is 10.2 Å². The molecule has 2 rings (SSSR count). The van der Waals surface area contributed by atoms with Crippen LogP contribution in [0, 0.1) is 0 Å². The highest BCUT2D eigenvalue weighted by Crippen LogP contribution is 2.18. The Bertz CT molecular complexity index is 235. The summed E-state index contributed by atoms with van der Waals surface area (Å²) in [5.74, 6) is 2.71. The highest BCUT2D eigenvalue weighted by molar-refractivity contribution is 7.99. The molecule has 1 N–H and O–H groups in total. The van der Waals surface area contributed by atoms with Crippen LogP contribution in [0.2, 0.25) is 0 Å². The second kappa shape index (κ2) is 5.92. The summed E-state index contributed by atoms with van der Waals surface area (Å²) in [4.78, 5) is 14.2. The van der Waals surface area contributed by atoms with Crippen LogP contribution in [0.25, 0.3) is 0 Å². The van der Waals surface area contributed by atoms with E-state index in [1.807, 2.05) is 23.6 Å². The van der Waals surface area contributed by atoms with Crippen molar-refractivity contribution in [3.05, 3.63) is 0 Å². The lowest BCUT2D eigenvalue weighted by Crippen LogP contribution is -2.49. The van der Waals surface area contributed by atoms with Crippen LogP contribution < -0.4 is 5.32 Å². The molecule has 4 heteroatoms.